The van der Waals surface area contributed by atoms with Crippen molar-refractivity contribution < 1.29 is 19.1 Å². The van der Waals surface area contributed by atoms with E-state index in [1.54, 1.807) is 14.0 Å². The highest BCUT2D eigenvalue weighted by molar-refractivity contribution is 5.82. The van der Waals surface area contributed by atoms with Gasteiger partial charge < -0.3 is 14.4 Å². The van der Waals surface area contributed by atoms with E-state index in [9.17, 15) is 9.59 Å². The second-order valence-electron chi connectivity index (χ2n) is 5.13. The number of benzene rings is 1. The van der Waals surface area contributed by atoms with Gasteiger partial charge in [0.2, 0.25) is 0 Å². The van der Waals surface area contributed by atoms with Crippen LogP contribution in [-0.4, -0.2) is 43.6 Å². The summed E-state index contributed by atoms with van der Waals surface area (Å²) < 4.78 is 10.3. The van der Waals surface area contributed by atoms with Gasteiger partial charge in [0.05, 0.1) is 6.61 Å². The van der Waals surface area contributed by atoms with Crippen molar-refractivity contribution in [1.82, 2.24) is 4.90 Å². The van der Waals surface area contributed by atoms with E-state index in [1.807, 2.05) is 12.1 Å². The molecule has 1 aromatic rings. The molecule has 5 heteroatoms. The standard InChI is InChI=1S/C16H21NO4/c1-3-20-16(19)10-17(2)15(18)11-21-14-8-7-12-5-4-6-13(12)9-14/h7-9H,3-6,10-11H2,1-2H3. The molecule has 0 aromatic heterocycles. The Morgan fingerprint density at radius 1 is 1.24 bits per heavy atom. The van der Waals surface area contributed by atoms with Crippen LogP contribution in [0.3, 0.4) is 0 Å². The first-order valence-corrected chi connectivity index (χ1v) is 7.24. The number of fused-ring (bicyclic) bond motifs is 1. The average molecular weight is 291 g/mol. The molecule has 0 radical (unpaired) electrons. The van der Waals surface area contributed by atoms with Crippen molar-refractivity contribution in [2.75, 3.05) is 26.8 Å². The van der Waals surface area contributed by atoms with Gasteiger partial charge in [-0.15, -0.1) is 0 Å². The maximum Gasteiger partial charge on any atom is 0.325 e. The van der Waals surface area contributed by atoms with Gasteiger partial charge in [-0.3, -0.25) is 9.59 Å². The summed E-state index contributed by atoms with van der Waals surface area (Å²) in [5.41, 5.74) is 2.67. The fourth-order valence-corrected chi connectivity index (χ4v) is 2.38. The van der Waals surface area contributed by atoms with Crippen LogP contribution < -0.4 is 4.74 Å². The number of hydrogen-bond donors (Lipinski definition) is 0. The minimum Gasteiger partial charge on any atom is -0.484 e. The Balaban J connectivity index is 1.82. The number of aryl methyl sites for hydroxylation is 2. The lowest BCUT2D eigenvalue weighted by Gasteiger charge is -2.16. The monoisotopic (exact) mass is 291 g/mol. The lowest BCUT2D eigenvalue weighted by Crippen LogP contribution is -2.36. The highest BCUT2D eigenvalue weighted by Crippen LogP contribution is 2.25. The fraction of sp³-hybridized carbons (Fsp3) is 0.500. The molecule has 5 nitrogen and oxygen atoms in total. The van der Waals surface area contributed by atoms with Gasteiger partial charge in [0.15, 0.2) is 6.61 Å². The molecule has 1 aromatic carbocycles. The number of carbonyl (C=O) groups is 2. The number of ether oxygens (including phenoxy) is 2. The van der Waals surface area contributed by atoms with Crippen molar-refractivity contribution in [2.45, 2.75) is 26.2 Å². The zero-order chi connectivity index (χ0) is 15.2. The van der Waals surface area contributed by atoms with Crippen molar-refractivity contribution in [2.24, 2.45) is 0 Å². The number of likely N-dealkylation sites (N-methyl/N-ethyl adjacent to an activating group) is 1. The van der Waals surface area contributed by atoms with E-state index in [0.29, 0.717) is 12.4 Å². The molecule has 114 valence electrons. The summed E-state index contributed by atoms with van der Waals surface area (Å²) in [6.07, 6.45) is 3.38. The molecule has 1 aliphatic rings. The van der Waals surface area contributed by atoms with Gasteiger partial charge in [0, 0.05) is 7.05 Å². The summed E-state index contributed by atoms with van der Waals surface area (Å²) >= 11 is 0. The molecule has 1 amide bonds. The van der Waals surface area contributed by atoms with Crippen LogP contribution in [0, 0.1) is 0 Å². The minimum absolute atomic E-state index is 0.0553. The minimum atomic E-state index is -0.411. The first kappa shape index (κ1) is 15.4. The van der Waals surface area contributed by atoms with Crippen molar-refractivity contribution in [3.63, 3.8) is 0 Å². The molecule has 0 saturated carbocycles. The van der Waals surface area contributed by atoms with E-state index >= 15 is 0 Å². The Bertz CT molecular complexity index is 527. The second kappa shape index (κ2) is 7.11. The van der Waals surface area contributed by atoms with Gasteiger partial charge in [-0.1, -0.05) is 6.07 Å². The number of hydrogen-bond acceptors (Lipinski definition) is 4. The van der Waals surface area contributed by atoms with Gasteiger partial charge in [-0.05, 0) is 49.4 Å². The zero-order valence-corrected chi connectivity index (χ0v) is 12.6. The molecule has 0 aliphatic heterocycles. The Morgan fingerprint density at radius 2 is 2.00 bits per heavy atom. The van der Waals surface area contributed by atoms with Crippen molar-refractivity contribution in [1.29, 1.82) is 0 Å². The highest BCUT2D eigenvalue weighted by Gasteiger charge is 2.15. The molecule has 0 saturated heterocycles. The molecular formula is C16H21NO4. The van der Waals surface area contributed by atoms with Crippen molar-refractivity contribution >= 4 is 11.9 Å². The first-order valence-electron chi connectivity index (χ1n) is 7.24. The van der Waals surface area contributed by atoms with Gasteiger partial charge in [0.1, 0.15) is 12.3 Å². The Hall–Kier alpha value is -2.04. The average Bonchev–Trinajstić information content (AvgIpc) is 2.92. The lowest BCUT2D eigenvalue weighted by atomic mass is 10.1. The van der Waals surface area contributed by atoms with E-state index in [-0.39, 0.29) is 19.1 Å². The molecule has 21 heavy (non-hydrogen) atoms. The molecule has 0 heterocycles. The van der Waals surface area contributed by atoms with Crippen LogP contribution in [0.2, 0.25) is 0 Å². The number of rotatable bonds is 6. The number of esters is 1. The quantitative estimate of drug-likeness (QED) is 0.747. The van der Waals surface area contributed by atoms with E-state index < -0.39 is 5.97 Å². The Labute approximate surface area is 124 Å². The summed E-state index contributed by atoms with van der Waals surface area (Å²) in [5.74, 6) is 0.0444. The fourth-order valence-electron chi connectivity index (χ4n) is 2.38. The third-order valence-corrected chi connectivity index (χ3v) is 3.53. The van der Waals surface area contributed by atoms with E-state index in [0.717, 1.165) is 12.8 Å². The van der Waals surface area contributed by atoms with E-state index in [2.05, 4.69) is 6.07 Å². The third kappa shape index (κ3) is 4.21. The van der Waals surface area contributed by atoms with Crippen LogP contribution in [0.25, 0.3) is 0 Å². The van der Waals surface area contributed by atoms with Gasteiger partial charge >= 0.3 is 5.97 Å². The van der Waals surface area contributed by atoms with E-state index in [1.165, 1.54) is 22.4 Å². The van der Waals surface area contributed by atoms with E-state index in [4.69, 9.17) is 9.47 Å². The number of carbonyl (C=O) groups excluding carboxylic acids is 2. The van der Waals surface area contributed by atoms with Crippen LogP contribution >= 0.6 is 0 Å². The molecule has 0 N–H and O–H groups in total. The predicted molar refractivity (Wildman–Crippen MR) is 78.2 cm³/mol. The molecule has 1 aliphatic carbocycles. The zero-order valence-electron chi connectivity index (χ0n) is 12.6. The molecule has 0 fully saturated rings. The highest BCUT2D eigenvalue weighted by atomic mass is 16.5. The molecule has 0 bridgehead atoms. The van der Waals surface area contributed by atoms with Crippen LogP contribution in [0.15, 0.2) is 18.2 Å². The SMILES string of the molecule is CCOC(=O)CN(C)C(=O)COc1ccc2c(c1)CCC2. The molecule has 0 atom stereocenters. The Morgan fingerprint density at radius 3 is 2.76 bits per heavy atom. The van der Waals surface area contributed by atoms with Crippen LogP contribution in [-0.2, 0) is 27.2 Å². The maximum atomic E-state index is 11.9. The summed E-state index contributed by atoms with van der Waals surface area (Å²) in [6, 6.07) is 5.95. The third-order valence-electron chi connectivity index (χ3n) is 3.53. The summed E-state index contributed by atoms with van der Waals surface area (Å²) in [6.45, 7) is 1.91. The lowest BCUT2D eigenvalue weighted by molar-refractivity contribution is -0.148. The molecule has 0 unspecified atom stereocenters. The predicted octanol–water partition coefficient (Wildman–Crippen LogP) is 1.58. The summed E-state index contributed by atoms with van der Waals surface area (Å²) in [7, 11) is 1.56. The molecule has 2 rings (SSSR count). The van der Waals surface area contributed by atoms with Crippen LogP contribution in [0.4, 0.5) is 0 Å². The molecule has 0 spiro atoms. The van der Waals surface area contributed by atoms with Gasteiger partial charge in [0.25, 0.3) is 5.91 Å². The Kier molecular flexibility index (Phi) is 5.20. The normalized spacial score (nSPS) is 12.7. The molecular weight excluding hydrogens is 270 g/mol. The maximum absolute atomic E-state index is 11.9. The van der Waals surface area contributed by atoms with Gasteiger partial charge in [-0.2, -0.15) is 0 Å². The van der Waals surface area contributed by atoms with Gasteiger partial charge in [-0.25, -0.2) is 0 Å². The van der Waals surface area contributed by atoms with Crippen molar-refractivity contribution in [3.05, 3.63) is 29.3 Å². The topological polar surface area (TPSA) is 55.8 Å². The first-order chi connectivity index (χ1) is 10.1. The van der Waals surface area contributed by atoms with Crippen LogP contribution in [0.1, 0.15) is 24.5 Å². The number of nitrogens with zero attached hydrogens (tertiary/aromatic N) is 1. The number of amides is 1. The van der Waals surface area contributed by atoms with Crippen LogP contribution in [0.5, 0.6) is 5.75 Å². The largest absolute Gasteiger partial charge is 0.484 e. The smallest absolute Gasteiger partial charge is 0.325 e. The summed E-state index contributed by atoms with van der Waals surface area (Å²) in [4.78, 5) is 24.5. The van der Waals surface area contributed by atoms with Crippen molar-refractivity contribution in [3.8, 4) is 5.75 Å². The summed E-state index contributed by atoms with van der Waals surface area (Å²) in [5, 5.41) is 0. The second-order valence-corrected chi connectivity index (χ2v) is 5.13.